The molecule has 8 heteroatoms. The van der Waals surface area contributed by atoms with E-state index in [4.69, 9.17) is 9.47 Å². The maximum atomic E-state index is 11.6. The number of carbonyl (C=O) groups excluding carboxylic acids is 1. The van der Waals surface area contributed by atoms with Crippen molar-refractivity contribution in [1.29, 1.82) is 0 Å². The standard InChI is InChI=1S/C23H36N2O5S/c1-3-18(15-26)30-23-9-5-4-7-20(23)17-10-12-19(13-11-17)29-16-22-21(8-6-14-24-22)25-31(2,27)28/h4-5,7,9,15,17-19,21-22,24-25H,3,6,8,10-14,16H2,1-2H3/t17-,18-,19+,21+,22+/m1/s1. The molecule has 1 saturated heterocycles. The maximum Gasteiger partial charge on any atom is 0.209 e. The van der Waals surface area contributed by atoms with E-state index in [0.29, 0.717) is 18.9 Å². The van der Waals surface area contributed by atoms with Crippen LogP contribution >= 0.6 is 0 Å². The smallest absolute Gasteiger partial charge is 0.209 e. The molecule has 0 radical (unpaired) electrons. The molecular formula is C23H36N2O5S. The minimum atomic E-state index is -3.23. The number of piperidine rings is 1. The summed E-state index contributed by atoms with van der Waals surface area (Å²) in [7, 11) is -3.23. The Balaban J connectivity index is 1.51. The minimum Gasteiger partial charge on any atom is -0.483 e. The molecule has 1 aliphatic heterocycles. The highest BCUT2D eigenvalue weighted by molar-refractivity contribution is 7.88. The highest BCUT2D eigenvalue weighted by Gasteiger charge is 2.30. The monoisotopic (exact) mass is 452 g/mol. The van der Waals surface area contributed by atoms with Gasteiger partial charge in [-0.25, -0.2) is 13.1 Å². The predicted octanol–water partition coefficient (Wildman–Crippen LogP) is 2.76. The third-order valence-electron chi connectivity index (χ3n) is 6.33. The highest BCUT2D eigenvalue weighted by Crippen LogP contribution is 2.38. The average Bonchev–Trinajstić information content (AvgIpc) is 2.76. The summed E-state index contributed by atoms with van der Waals surface area (Å²) in [6, 6.07) is 7.91. The molecule has 1 saturated carbocycles. The fourth-order valence-electron chi connectivity index (χ4n) is 4.62. The molecule has 2 aliphatic rings. The second-order valence-electron chi connectivity index (χ2n) is 8.74. The third-order valence-corrected chi connectivity index (χ3v) is 7.06. The van der Waals surface area contributed by atoms with E-state index < -0.39 is 16.1 Å². The lowest BCUT2D eigenvalue weighted by atomic mass is 9.82. The van der Waals surface area contributed by atoms with Gasteiger partial charge in [0, 0.05) is 12.1 Å². The van der Waals surface area contributed by atoms with Crippen molar-refractivity contribution in [2.45, 2.75) is 82.1 Å². The Morgan fingerprint density at radius 1 is 1.19 bits per heavy atom. The molecule has 1 aliphatic carbocycles. The summed E-state index contributed by atoms with van der Waals surface area (Å²) in [5.74, 6) is 1.21. The molecule has 0 spiro atoms. The van der Waals surface area contributed by atoms with Gasteiger partial charge in [0.2, 0.25) is 10.0 Å². The first-order chi connectivity index (χ1) is 14.9. The summed E-state index contributed by atoms with van der Waals surface area (Å²) in [5.41, 5.74) is 1.17. The van der Waals surface area contributed by atoms with Crippen LogP contribution in [0.15, 0.2) is 24.3 Å². The quantitative estimate of drug-likeness (QED) is 0.530. The lowest BCUT2D eigenvalue weighted by Crippen LogP contribution is -2.55. The summed E-state index contributed by atoms with van der Waals surface area (Å²) < 4.78 is 38.2. The fraction of sp³-hybridized carbons (Fsp3) is 0.696. The third kappa shape index (κ3) is 7.27. The van der Waals surface area contributed by atoms with Crippen LogP contribution in [0.2, 0.25) is 0 Å². The number of para-hydroxylation sites is 1. The van der Waals surface area contributed by atoms with E-state index in [2.05, 4.69) is 16.1 Å². The summed E-state index contributed by atoms with van der Waals surface area (Å²) in [6.07, 6.45) is 8.23. The summed E-state index contributed by atoms with van der Waals surface area (Å²) in [5, 5.41) is 3.41. The first-order valence-corrected chi connectivity index (χ1v) is 13.3. The number of hydrogen-bond acceptors (Lipinski definition) is 6. The number of benzene rings is 1. The van der Waals surface area contributed by atoms with E-state index >= 15 is 0 Å². The van der Waals surface area contributed by atoms with Gasteiger partial charge in [-0.2, -0.15) is 0 Å². The zero-order valence-corrected chi connectivity index (χ0v) is 19.4. The largest absolute Gasteiger partial charge is 0.483 e. The van der Waals surface area contributed by atoms with E-state index in [0.717, 1.165) is 57.1 Å². The topological polar surface area (TPSA) is 93.7 Å². The van der Waals surface area contributed by atoms with Crippen molar-refractivity contribution >= 4 is 16.3 Å². The SMILES string of the molecule is CC[C@H](C=O)Oc1ccccc1[C@H]1CC[C@@H](OC[C@@H]2NCCC[C@@H]2NS(C)(=O)=O)CC1. The molecule has 2 N–H and O–H groups in total. The Bertz CT molecular complexity index is 808. The van der Waals surface area contributed by atoms with Crippen LogP contribution in [-0.4, -0.2) is 58.4 Å². The Hall–Kier alpha value is -1.48. The number of aldehydes is 1. The van der Waals surface area contributed by atoms with Crippen molar-refractivity contribution < 1.29 is 22.7 Å². The van der Waals surface area contributed by atoms with Crippen molar-refractivity contribution in [3.05, 3.63) is 29.8 Å². The van der Waals surface area contributed by atoms with Gasteiger partial charge in [-0.1, -0.05) is 25.1 Å². The van der Waals surface area contributed by atoms with Crippen LogP contribution in [0.5, 0.6) is 5.75 Å². The molecule has 3 atom stereocenters. The molecule has 7 nitrogen and oxygen atoms in total. The van der Waals surface area contributed by atoms with Gasteiger partial charge in [0.25, 0.3) is 0 Å². The first-order valence-electron chi connectivity index (χ1n) is 11.4. The van der Waals surface area contributed by atoms with Crippen LogP contribution in [-0.2, 0) is 19.6 Å². The second kappa shape index (κ2) is 11.4. The molecule has 1 aromatic rings. The van der Waals surface area contributed by atoms with E-state index in [1.807, 2.05) is 25.1 Å². The number of sulfonamides is 1. The van der Waals surface area contributed by atoms with Gasteiger partial charge in [0.05, 0.1) is 19.0 Å². The molecule has 1 aromatic carbocycles. The molecule has 2 fully saturated rings. The van der Waals surface area contributed by atoms with Crippen LogP contribution < -0.4 is 14.8 Å². The zero-order chi connectivity index (χ0) is 22.3. The Labute approximate surface area is 186 Å². The second-order valence-corrected chi connectivity index (χ2v) is 10.5. The van der Waals surface area contributed by atoms with Gasteiger partial charge >= 0.3 is 0 Å². The Kier molecular flexibility index (Phi) is 8.89. The summed E-state index contributed by atoms with van der Waals surface area (Å²) >= 11 is 0. The molecule has 0 aromatic heterocycles. The molecule has 1 heterocycles. The van der Waals surface area contributed by atoms with Crippen molar-refractivity contribution in [3.8, 4) is 5.75 Å². The van der Waals surface area contributed by atoms with Crippen LogP contribution in [0.4, 0.5) is 0 Å². The summed E-state index contributed by atoms with van der Waals surface area (Å²) in [4.78, 5) is 11.2. The van der Waals surface area contributed by atoms with Gasteiger partial charge in [-0.3, -0.25) is 4.79 Å². The van der Waals surface area contributed by atoms with Crippen LogP contribution in [0.25, 0.3) is 0 Å². The van der Waals surface area contributed by atoms with Gasteiger partial charge < -0.3 is 14.8 Å². The summed E-state index contributed by atoms with van der Waals surface area (Å²) in [6.45, 7) is 3.35. The number of nitrogens with one attached hydrogen (secondary N) is 2. The Morgan fingerprint density at radius 3 is 2.61 bits per heavy atom. The van der Waals surface area contributed by atoms with Crippen LogP contribution in [0.3, 0.4) is 0 Å². The highest BCUT2D eigenvalue weighted by atomic mass is 32.2. The van der Waals surface area contributed by atoms with Crippen molar-refractivity contribution in [2.75, 3.05) is 19.4 Å². The molecule has 0 bridgehead atoms. The van der Waals surface area contributed by atoms with Crippen LogP contribution in [0, 0.1) is 0 Å². The lowest BCUT2D eigenvalue weighted by Gasteiger charge is -2.35. The Morgan fingerprint density at radius 2 is 1.94 bits per heavy atom. The van der Waals surface area contributed by atoms with E-state index in [1.54, 1.807) is 0 Å². The molecular weight excluding hydrogens is 416 g/mol. The molecule has 3 rings (SSSR count). The molecule has 0 unspecified atom stereocenters. The lowest BCUT2D eigenvalue weighted by molar-refractivity contribution is -0.113. The van der Waals surface area contributed by atoms with E-state index in [-0.39, 0.29) is 18.2 Å². The van der Waals surface area contributed by atoms with Crippen molar-refractivity contribution in [3.63, 3.8) is 0 Å². The molecule has 0 amide bonds. The van der Waals surface area contributed by atoms with E-state index in [9.17, 15) is 13.2 Å². The molecule has 31 heavy (non-hydrogen) atoms. The predicted molar refractivity (Wildman–Crippen MR) is 121 cm³/mol. The van der Waals surface area contributed by atoms with Gasteiger partial charge in [0.1, 0.15) is 5.75 Å². The molecule has 174 valence electrons. The minimum absolute atomic E-state index is 0.00430. The van der Waals surface area contributed by atoms with E-state index in [1.165, 1.54) is 11.8 Å². The number of rotatable bonds is 10. The average molecular weight is 453 g/mol. The first kappa shape index (κ1) is 24.2. The number of hydrogen-bond donors (Lipinski definition) is 2. The van der Waals surface area contributed by atoms with Gasteiger partial charge in [0.15, 0.2) is 12.4 Å². The van der Waals surface area contributed by atoms with Gasteiger partial charge in [-0.05, 0) is 69.0 Å². The normalized spacial score (nSPS) is 28.1. The van der Waals surface area contributed by atoms with Gasteiger partial charge in [-0.15, -0.1) is 0 Å². The maximum absolute atomic E-state index is 11.6. The number of carbonyl (C=O) groups is 1. The van der Waals surface area contributed by atoms with Crippen molar-refractivity contribution in [2.24, 2.45) is 0 Å². The van der Waals surface area contributed by atoms with Crippen LogP contribution in [0.1, 0.15) is 63.4 Å². The van der Waals surface area contributed by atoms with Crippen molar-refractivity contribution in [1.82, 2.24) is 10.0 Å². The number of ether oxygens (including phenoxy) is 2. The zero-order valence-electron chi connectivity index (χ0n) is 18.6. The fourth-order valence-corrected chi connectivity index (χ4v) is 5.45.